The quantitative estimate of drug-likeness (QED) is 0.336. The molecule has 53 valence electrons. The van der Waals surface area contributed by atoms with E-state index in [-0.39, 0.29) is 4.05 Å². The van der Waals surface area contributed by atoms with Gasteiger partial charge in [-0.15, -0.1) is 0 Å². The Balaban J connectivity index is 3.04. The Hall–Kier alpha value is 0.200. The van der Waals surface area contributed by atoms with E-state index in [0.29, 0.717) is 0 Å². The molecule has 0 rings (SSSR count). The van der Waals surface area contributed by atoms with Gasteiger partial charge in [0.25, 0.3) is 0 Å². The van der Waals surface area contributed by atoms with E-state index in [4.69, 9.17) is 0 Å². The fraction of sp³-hybridized carbons (Fsp3) is 0.833. The minimum Gasteiger partial charge on any atom is -0.336 e. The minimum absolute atomic E-state index is 0.264. The zero-order valence-corrected chi connectivity index (χ0v) is 7.64. The van der Waals surface area contributed by atoms with Gasteiger partial charge in [0.05, 0.1) is 4.05 Å². The highest BCUT2D eigenvalue weighted by Gasteiger charge is 1.98. The zero-order valence-electron chi connectivity index (χ0n) is 5.48. The van der Waals surface area contributed by atoms with E-state index in [9.17, 15) is 4.79 Å². The third kappa shape index (κ3) is 6.08. The second-order valence-corrected chi connectivity index (χ2v) is 3.36. The second-order valence-electron chi connectivity index (χ2n) is 1.86. The van der Waals surface area contributed by atoms with Crippen molar-refractivity contribution in [1.29, 1.82) is 0 Å². The molecule has 0 aliphatic heterocycles. The molecule has 0 heterocycles. The SMILES string of the molecule is CCCCC(I)N[C]=O. The Morgan fingerprint density at radius 1 is 1.78 bits per heavy atom. The first kappa shape index (κ1) is 9.20. The van der Waals surface area contributed by atoms with Crippen molar-refractivity contribution in [2.75, 3.05) is 0 Å². The number of hydrogen-bond acceptors (Lipinski definition) is 1. The first-order chi connectivity index (χ1) is 4.31. The molecule has 1 N–H and O–H groups in total. The number of alkyl halides is 1. The lowest BCUT2D eigenvalue weighted by Crippen LogP contribution is -2.20. The maximum atomic E-state index is 9.74. The summed E-state index contributed by atoms with van der Waals surface area (Å²) in [6.45, 7) is 2.13. The van der Waals surface area contributed by atoms with E-state index in [1.165, 1.54) is 12.8 Å². The molecular formula is C6H11INO. The number of rotatable bonds is 5. The fourth-order valence-electron chi connectivity index (χ4n) is 0.519. The van der Waals surface area contributed by atoms with E-state index >= 15 is 0 Å². The summed E-state index contributed by atoms with van der Waals surface area (Å²) in [5, 5.41) is 2.56. The lowest BCUT2D eigenvalue weighted by molar-refractivity contribution is 0.536. The minimum atomic E-state index is 0.264. The van der Waals surface area contributed by atoms with Crippen LogP contribution in [0.25, 0.3) is 0 Å². The first-order valence-corrected chi connectivity index (χ1v) is 4.32. The van der Waals surface area contributed by atoms with Gasteiger partial charge in [0.1, 0.15) is 0 Å². The molecule has 1 amide bonds. The maximum absolute atomic E-state index is 9.74. The monoisotopic (exact) mass is 240 g/mol. The molecule has 0 aromatic carbocycles. The fourth-order valence-corrected chi connectivity index (χ4v) is 1.09. The second kappa shape index (κ2) is 6.32. The smallest absolute Gasteiger partial charge is 0.310 e. The summed E-state index contributed by atoms with van der Waals surface area (Å²) in [4.78, 5) is 9.74. The van der Waals surface area contributed by atoms with E-state index < -0.39 is 0 Å². The maximum Gasteiger partial charge on any atom is 0.310 e. The molecule has 0 fully saturated rings. The number of carbonyl (C=O) groups excluding carboxylic acids is 1. The van der Waals surface area contributed by atoms with Crippen LogP contribution in [0, 0.1) is 0 Å². The Morgan fingerprint density at radius 3 is 2.89 bits per heavy atom. The Kier molecular flexibility index (Phi) is 6.46. The van der Waals surface area contributed by atoms with Crippen LogP contribution in [-0.2, 0) is 4.79 Å². The average Bonchev–Trinajstić information content (AvgIpc) is 1.85. The largest absolute Gasteiger partial charge is 0.336 e. The van der Waals surface area contributed by atoms with Crippen molar-refractivity contribution in [3.63, 3.8) is 0 Å². The van der Waals surface area contributed by atoms with Crippen LogP contribution >= 0.6 is 22.6 Å². The van der Waals surface area contributed by atoms with Crippen LogP contribution in [0.2, 0.25) is 0 Å². The van der Waals surface area contributed by atoms with Gasteiger partial charge in [0.2, 0.25) is 0 Å². The summed E-state index contributed by atoms with van der Waals surface area (Å²) < 4.78 is 0.264. The molecule has 0 saturated heterocycles. The van der Waals surface area contributed by atoms with E-state index in [1.807, 2.05) is 0 Å². The van der Waals surface area contributed by atoms with Crippen LogP contribution in [0.5, 0.6) is 0 Å². The van der Waals surface area contributed by atoms with Crippen molar-refractivity contribution in [2.45, 2.75) is 30.2 Å². The summed E-state index contributed by atoms with van der Waals surface area (Å²) in [6, 6.07) is 0. The summed E-state index contributed by atoms with van der Waals surface area (Å²) in [5.41, 5.74) is 0. The predicted molar refractivity (Wildman–Crippen MR) is 46.2 cm³/mol. The molecular weight excluding hydrogens is 229 g/mol. The molecule has 2 nitrogen and oxygen atoms in total. The van der Waals surface area contributed by atoms with Gasteiger partial charge >= 0.3 is 6.41 Å². The first-order valence-electron chi connectivity index (χ1n) is 3.08. The van der Waals surface area contributed by atoms with Crippen molar-refractivity contribution >= 4 is 29.0 Å². The third-order valence-corrected chi connectivity index (χ3v) is 1.96. The number of hydrogen-bond donors (Lipinski definition) is 1. The van der Waals surface area contributed by atoms with Gasteiger partial charge in [0.15, 0.2) is 0 Å². The summed E-state index contributed by atoms with van der Waals surface area (Å²) in [6.07, 6.45) is 5.07. The van der Waals surface area contributed by atoms with Gasteiger partial charge in [-0.2, -0.15) is 0 Å². The molecule has 0 saturated carbocycles. The van der Waals surface area contributed by atoms with Crippen molar-refractivity contribution in [3.8, 4) is 0 Å². The van der Waals surface area contributed by atoms with E-state index in [1.54, 1.807) is 6.41 Å². The van der Waals surface area contributed by atoms with E-state index in [2.05, 4.69) is 34.8 Å². The van der Waals surface area contributed by atoms with Crippen LogP contribution in [0.1, 0.15) is 26.2 Å². The molecule has 1 radical (unpaired) electrons. The van der Waals surface area contributed by atoms with Crippen LogP contribution in [-0.4, -0.2) is 10.5 Å². The van der Waals surface area contributed by atoms with Crippen LogP contribution in [0.3, 0.4) is 0 Å². The molecule has 0 aliphatic carbocycles. The van der Waals surface area contributed by atoms with Crippen LogP contribution in [0.15, 0.2) is 0 Å². The molecule has 9 heavy (non-hydrogen) atoms. The van der Waals surface area contributed by atoms with Gasteiger partial charge in [-0.3, -0.25) is 4.79 Å². The standard InChI is InChI=1S/C6H11INO/c1-2-3-4-6(7)8-5-9/h6H,2-4H2,1H3,(H,8,9). The van der Waals surface area contributed by atoms with Gasteiger partial charge in [-0.1, -0.05) is 42.4 Å². The number of halogens is 1. The number of unbranched alkanes of at least 4 members (excludes halogenated alkanes) is 1. The Morgan fingerprint density at radius 2 is 2.44 bits per heavy atom. The number of amides is 1. The lowest BCUT2D eigenvalue weighted by atomic mass is 10.2. The molecule has 0 aromatic rings. The van der Waals surface area contributed by atoms with Crippen LogP contribution < -0.4 is 5.32 Å². The van der Waals surface area contributed by atoms with Gasteiger partial charge in [-0.25, -0.2) is 0 Å². The highest BCUT2D eigenvalue weighted by Crippen LogP contribution is 2.05. The normalized spacial score (nSPS) is 12.7. The molecule has 0 aromatic heterocycles. The predicted octanol–water partition coefficient (Wildman–Crippen LogP) is 1.59. The van der Waals surface area contributed by atoms with Gasteiger partial charge < -0.3 is 5.32 Å². The van der Waals surface area contributed by atoms with Crippen LogP contribution in [0.4, 0.5) is 0 Å². The highest BCUT2D eigenvalue weighted by atomic mass is 127. The van der Waals surface area contributed by atoms with Crippen molar-refractivity contribution < 1.29 is 4.79 Å². The molecule has 1 unspecified atom stereocenters. The van der Waals surface area contributed by atoms with Crippen molar-refractivity contribution in [2.24, 2.45) is 0 Å². The zero-order chi connectivity index (χ0) is 7.11. The number of nitrogens with one attached hydrogen (secondary N) is 1. The van der Waals surface area contributed by atoms with Crippen molar-refractivity contribution in [1.82, 2.24) is 5.32 Å². The molecule has 0 aliphatic rings. The molecule has 1 atom stereocenters. The summed E-state index contributed by atoms with van der Waals surface area (Å²) in [7, 11) is 0. The van der Waals surface area contributed by atoms with E-state index in [0.717, 1.165) is 6.42 Å². The summed E-state index contributed by atoms with van der Waals surface area (Å²) in [5.74, 6) is 0. The average molecular weight is 240 g/mol. The summed E-state index contributed by atoms with van der Waals surface area (Å²) >= 11 is 2.19. The third-order valence-electron chi connectivity index (χ3n) is 1.03. The molecule has 0 spiro atoms. The van der Waals surface area contributed by atoms with Crippen molar-refractivity contribution in [3.05, 3.63) is 0 Å². The molecule has 0 bridgehead atoms. The molecule has 3 heteroatoms. The Bertz CT molecular complexity index is 77.5. The lowest BCUT2D eigenvalue weighted by Gasteiger charge is -2.04. The topological polar surface area (TPSA) is 29.1 Å². The van der Waals surface area contributed by atoms with Gasteiger partial charge in [-0.05, 0) is 6.42 Å². The Labute approximate surface area is 69.5 Å². The highest BCUT2D eigenvalue weighted by molar-refractivity contribution is 14.1. The van der Waals surface area contributed by atoms with Gasteiger partial charge in [0, 0.05) is 0 Å².